The summed E-state index contributed by atoms with van der Waals surface area (Å²) in [4.78, 5) is 0. The molecule has 0 radical (unpaired) electrons. The van der Waals surface area contributed by atoms with E-state index in [2.05, 4.69) is 31.4 Å². The number of aromatic nitrogens is 2. The Labute approximate surface area is 123 Å². The zero-order valence-corrected chi connectivity index (χ0v) is 12.2. The minimum atomic E-state index is -1.06. The first-order valence-corrected chi connectivity index (χ1v) is 6.75. The monoisotopic (exact) mass is 343 g/mol. The zero-order valence-electron chi connectivity index (χ0n) is 10.7. The number of rotatable bonds is 5. The molecule has 1 aromatic heterocycles. The zero-order chi connectivity index (χ0) is 14.5. The Morgan fingerprint density at radius 2 is 2.05 bits per heavy atom. The minimum Gasteiger partial charge on any atom is -0.434 e. The van der Waals surface area contributed by atoms with Crippen molar-refractivity contribution >= 4 is 15.9 Å². The van der Waals surface area contributed by atoms with Crippen LogP contribution in [0.25, 0.3) is 0 Å². The van der Waals surface area contributed by atoms with Crippen LogP contribution in [0.5, 0.6) is 11.6 Å². The molecular formula is C13H12BrF2N3O. The van der Waals surface area contributed by atoms with Crippen molar-refractivity contribution in [2.75, 3.05) is 6.54 Å². The third-order valence-electron chi connectivity index (χ3n) is 2.43. The summed E-state index contributed by atoms with van der Waals surface area (Å²) in [5.74, 6) is -2.20. The Morgan fingerprint density at radius 1 is 1.25 bits per heavy atom. The Balaban J connectivity index is 2.14. The lowest BCUT2D eigenvalue weighted by molar-refractivity contribution is 0.400. The summed E-state index contributed by atoms with van der Waals surface area (Å²) in [7, 11) is 0. The SMILES string of the molecule is CCNCc1ccc(Oc2cc(Br)cc(F)c2F)nn1. The maximum Gasteiger partial charge on any atom is 0.239 e. The third-order valence-corrected chi connectivity index (χ3v) is 2.88. The Hall–Kier alpha value is -1.60. The van der Waals surface area contributed by atoms with Gasteiger partial charge in [0.1, 0.15) is 0 Å². The summed E-state index contributed by atoms with van der Waals surface area (Å²) in [6.45, 7) is 3.39. The summed E-state index contributed by atoms with van der Waals surface area (Å²) < 4.78 is 32.3. The van der Waals surface area contributed by atoms with E-state index in [0.717, 1.165) is 18.3 Å². The highest BCUT2D eigenvalue weighted by atomic mass is 79.9. The van der Waals surface area contributed by atoms with Gasteiger partial charge in [-0.1, -0.05) is 22.9 Å². The van der Waals surface area contributed by atoms with Gasteiger partial charge in [0.05, 0.1) is 5.69 Å². The standard InChI is InChI=1S/C13H12BrF2N3O/c1-2-17-7-9-3-4-12(19-18-9)20-11-6-8(14)5-10(15)13(11)16/h3-6,17H,2,7H2,1H3. The highest BCUT2D eigenvalue weighted by Gasteiger charge is 2.13. The molecule has 0 aliphatic carbocycles. The molecule has 2 aromatic rings. The molecule has 0 bridgehead atoms. The van der Waals surface area contributed by atoms with E-state index in [-0.39, 0.29) is 11.6 Å². The highest BCUT2D eigenvalue weighted by molar-refractivity contribution is 9.10. The fourth-order valence-corrected chi connectivity index (χ4v) is 1.88. The molecule has 0 saturated carbocycles. The van der Waals surface area contributed by atoms with Crippen LogP contribution in [0.15, 0.2) is 28.7 Å². The molecule has 1 N–H and O–H groups in total. The van der Waals surface area contributed by atoms with E-state index >= 15 is 0 Å². The van der Waals surface area contributed by atoms with Gasteiger partial charge >= 0.3 is 0 Å². The molecule has 0 spiro atoms. The summed E-state index contributed by atoms with van der Waals surface area (Å²) >= 11 is 3.07. The normalized spacial score (nSPS) is 10.6. The van der Waals surface area contributed by atoms with Crippen LogP contribution in [-0.2, 0) is 6.54 Å². The first-order valence-electron chi connectivity index (χ1n) is 5.96. The van der Waals surface area contributed by atoms with Gasteiger partial charge in [-0.3, -0.25) is 0 Å². The van der Waals surface area contributed by atoms with Crippen LogP contribution in [0.1, 0.15) is 12.6 Å². The number of nitrogens with zero attached hydrogens (tertiary/aromatic N) is 2. The predicted octanol–water partition coefficient (Wildman–Crippen LogP) is 3.42. The maximum atomic E-state index is 13.5. The largest absolute Gasteiger partial charge is 0.434 e. The van der Waals surface area contributed by atoms with E-state index < -0.39 is 11.6 Å². The molecule has 0 fully saturated rings. The second kappa shape index (κ2) is 6.71. The van der Waals surface area contributed by atoms with Crippen LogP contribution in [-0.4, -0.2) is 16.7 Å². The average Bonchev–Trinajstić information content (AvgIpc) is 2.43. The van der Waals surface area contributed by atoms with Crippen molar-refractivity contribution in [1.29, 1.82) is 0 Å². The first-order chi connectivity index (χ1) is 9.60. The van der Waals surface area contributed by atoms with E-state index in [1.807, 2.05) is 6.92 Å². The van der Waals surface area contributed by atoms with Crippen molar-refractivity contribution in [3.8, 4) is 11.6 Å². The van der Waals surface area contributed by atoms with E-state index in [1.165, 1.54) is 6.07 Å². The van der Waals surface area contributed by atoms with Gasteiger partial charge in [-0.15, -0.1) is 5.10 Å². The number of ether oxygens (including phenoxy) is 1. The molecule has 1 heterocycles. The molecule has 0 unspecified atom stereocenters. The first kappa shape index (κ1) is 14.8. The number of hydrogen-bond acceptors (Lipinski definition) is 4. The quantitative estimate of drug-likeness (QED) is 0.845. The lowest BCUT2D eigenvalue weighted by atomic mass is 10.3. The number of nitrogens with one attached hydrogen (secondary N) is 1. The van der Waals surface area contributed by atoms with Gasteiger partial charge in [0.2, 0.25) is 11.7 Å². The van der Waals surface area contributed by atoms with E-state index in [0.29, 0.717) is 11.0 Å². The summed E-state index contributed by atoms with van der Waals surface area (Å²) in [6.07, 6.45) is 0. The minimum absolute atomic E-state index is 0.0987. The number of halogens is 3. The van der Waals surface area contributed by atoms with Crippen molar-refractivity contribution in [1.82, 2.24) is 15.5 Å². The molecule has 20 heavy (non-hydrogen) atoms. The van der Waals surface area contributed by atoms with Crippen molar-refractivity contribution in [2.45, 2.75) is 13.5 Å². The smallest absolute Gasteiger partial charge is 0.239 e. The molecular weight excluding hydrogens is 332 g/mol. The molecule has 7 heteroatoms. The molecule has 1 aromatic carbocycles. The van der Waals surface area contributed by atoms with E-state index in [1.54, 1.807) is 12.1 Å². The van der Waals surface area contributed by atoms with Crippen molar-refractivity contribution < 1.29 is 13.5 Å². The van der Waals surface area contributed by atoms with E-state index in [9.17, 15) is 8.78 Å². The summed E-state index contributed by atoms with van der Waals surface area (Å²) in [5, 5.41) is 10.8. The molecule has 0 aliphatic rings. The molecule has 106 valence electrons. The van der Waals surface area contributed by atoms with Gasteiger partial charge in [-0.25, -0.2) is 4.39 Å². The lowest BCUT2D eigenvalue weighted by Gasteiger charge is -2.07. The Kier molecular flexibility index (Phi) is 4.97. The van der Waals surface area contributed by atoms with Crippen LogP contribution in [0, 0.1) is 11.6 Å². The predicted molar refractivity (Wildman–Crippen MR) is 73.5 cm³/mol. The van der Waals surface area contributed by atoms with Crippen LogP contribution in [0.3, 0.4) is 0 Å². The van der Waals surface area contributed by atoms with Gasteiger partial charge in [-0.05, 0) is 24.7 Å². The van der Waals surface area contributed by atoms with Crippen molar-refractivity contribution in [2.24, 2.45) is 0 Å². The Morgan fingerprint density at radius 3 is 2.70 bits per heavy atom. The number of benzene rings is 1. The molecule has 2 rings (SSSR count). The van der Waals surface area contributed by atoms with Gasteiger partial charge < -0.3 is 10.1 Å². The van der Waals surface area contributed by atoms with Crippen molar-refractivity contribution in [3.63, 3.8) is 0 Å². The third kappa shape index (κ3) is 3.71. The second-order valence-corrected chi connectivity index (χ2v) is 4.86. The molecule has 4 nitrogen and oxygen atoms in total. The van der Waals surface area contributed by atoms with E-state index in [4.69, 9.17) is 4.74 Å². The van der Waals surface area contributed by atoms with Gasteiger partial charge in [-0.2, -0.15) is 9.49 Å². The average molecular weight is 344 g/mol. The number of hydrogen-bond donors (Lipinski definition) is 1. The molecule has 0 amide bonds. The topological polar surface area (TPSA) is 47.0 Å². The van der Waals surface area contributed by atoms with Gasteiger partial charge in [0.25, 0.3) is 0 Å². The fraction of sp³-hybridized carbons (Fsp3) is 0.231. The molecule has 0 saturated heterocycles. The summed E-state index contributed by atoms with van der Waals surface area (Å²) in [6, 6.07) is 5.61. The molecule has 0 atom stereocenters. The fourth-order valence-electron chi connectivity index (χ4n) is 1.47. The van der Waals surface area contributed by atoms with Crippen LogP contribution >= 0.6 is 15.9 Å². The van der Waals surface area contributed by atoms with Crippen LogP contribution < -0.4 is 10.1 Å². The van der Waals surface area contributed by atoms with Gasteiger partial charge in [0.15, 0.2) is 11.6 Å². The Bertz CT molecular complexity index is 593. The van der Waals surface area contributed by atoms with Crippen molar-refractivity contribution in [3.05, 3.63) is 46.1 Å². The molecule has 0 aliphatic heterocycles. The maximum absolute atomic E-state index is 13.5. The second-order valence-electron chi connectivity index (χ2n) is 3.95. The van der Waals surface area contributed by atoms with Crippen LogP contribution in [0.4, 0.5) is 8.78 Å². The van der Waals surface area contributed by atoms with Crippen LogP contribution in [0.2, 0.25) is 0 Å². The summed E-state index contributed by atoms with van der Waals surface area (Å²) in [5.41, 5.74) is 0.736. The lowest BCUT2D eigenvalue weighted by Crippen LogP contribution is -2.13. The highest BCUT2D eigenvalue weighted by Crippen LogP contribution is 2.28. The van der Waals surface area contributed by atoms with Gasteiger partial charge in [0, 0.05) is 17.1 Å².